The predicted molar refractivity (Wildman–Crippen MR) is 101 cm³/mol. The first-order valence-corrected chi connectivity index (χ1v) is 8.42. The van der Waals surface area contributed by atoms with E-state index in [1.165, 1.54) is 12.1 Å². The molecule has 1 N–H and O–H groups in total. The first-order chi connectivity index (χ1) is 12.5. The molecular formula is C20H18ClNO4. The molecule has 0 aromatic heterocycles. The van der Waals surface area contributed by atoms with Crippen molar-refractivity contribution >= 4 is 29.2 Å². The number of allylic oxidation sites excluding steroid dienone is 1. The van der Waals surface area contributed by atoms with Crippen LogP contribution in [0, 0.1) is 11.3 Å². The monoisotopic (exact) mass is 371 g/mol. The zero-order valence-corrected chi connectivity index (χ0v) is 15.2. The maximum atomic E-state index is 10.9. The fraction of sp³-hybridized carbons (Fsp3) is 0.200. The fourth-order valence-corrected chi connectivity index (χ4v) is 2.63. The van der Waals surface area contributed by atoms with E-state index in [0.717, 1.165) is 0 Å². The summed E-state index contributed by atoms with van der Waals surface area (Å²) in [6, 6.07) is 11.7. The lowest BCUT2D eigenvalue weighted by atomic mass is 10.0. The van der Waals surface area contributed by atoms with Gasteiger partial charge in [0, 0.05) is 0 Å². The fourth-order valence-electron chi connectivity index (χ4n) is 2.36. The van der Waals surface area contributed by atoms with Crippen LogP contribution in [0.3, 0.4) is 0 Å². The third-order valence-corrected chi connectivity index (χ3v) is 3.78. The molecule has 0 aliphatic rings. The van der Waals surface area contributed by atoms with Gasteiger partial charge < -0.3 is 14.6 Å². The van der Waals surface area contributed by atoms with Crippen LogP contribution in [0.4, 0.5) is 0 Å². The number of ether oxygens (including phenoxy) is 2. The van der Waals surface area contributed by atoms with Gasteiger partial charge in [-0.3, -0.25) is 0 Å². The minimum atomic E-state index is -1.02. The number of carboxylic acid groups (broad SMARTS) is 1. The lowest BCUT2D eigenvalue weighted by Crippen LogP contribution is -1.99. The van der Waals surface area contributed by atoms with Crippen molar-refractivity contribution in [2.24, 2.45) is 0 Å². The van der Waals surface area contributed by atoms with Gasteiger partial charge in [-0.15, -0.1) is 0 Å². The van der Waals surface area contributed by atoms with E-state index < -0.39 is 5.97 Å². The van der Waals surface area contributed by atoms with Crippen molar-refractivity contribution in [1.29, 1.82) is 5.26 Å². The van der Waals surface area contributed by atoms with Crippen molar-refractivity contribution in [3.63, 3.8) is 0 Å². The van der Waals surface area contributed by atoms with E-state index in [2.05, 4.69) is 6.07 Å². The molecule has 0 aliphatic carbocycles. The topological polar surface area (TPSA) is 79.5 Å². The van der Waals surface area contributed by atoms with Gasteiger partial charge >= 0.3 is 5.97 Å². The minimum Gasteiger partial charge on any atom is -0.490 e. The van der Waals surface area contributed by atoms with Gasteiger partial charge in [-0.1, -0.05) is 23.7 Å². The Morgan fingerprint density at radius 3 is 2.31 bits per heavy atom. The van der Waals surface area contributed by atoms with Gasteiger partial charge in [0.15, 0.2) is 11.5 Å². The van der Waals surface area contributed by atoms with Crippen LogP contribution in [0.5, 0.6) is 11.5 Å². The quantitative estimate of drug-likeness (QED) is 0.553. The molecule has 0 fully saturated rings. The van der Waals surface area contributed by atoms with Gasteiger partial charge in [-0.05, 0) is 55.3 Å². The Morgan fingerprint density at radius 2 is 1.77 bits per heavy atom. The number of carboxylic acids is 1. The zero-order chi connectivity index (χ0) is 19.1. The van der Waals surface area contributed by atoms with Crippen molar-refractivity contribution in [2.75, 3.05) is 13.2 Å². The summed E-state index contributed by atoms with van der Waals surface area (Å²) < 4.78 is 11.1. The molecule has 0 spiro atoms. The van der Waals surface area contributed by atoms with Crippen molar-refractivity contribution in [1.82, 2.24) is 0 Å². The van der Waals surface area contributed by atoms with Gasteiger partial charge in [-0.2, -0.15) is 5.26 Å². The molecule has 0 radical (unpaired) electrons. The third kappa shape index (κ3) is 4.56. The Balaban J connectivity index is 2.45. The molecule has 6 heteroatoms. The van der Waals surface area contributed by atoms with Crippen LogP contribution in [0.2, 0.25) is 5.02 Å². The number of benzene rings is 2. The van der Waals surface area contributed by atoms with Gasteiger partial charge in [0.05, 0.1) is 35.4 Å². The molecule has 0 atom stereocenters. The number of hydrogen-bond acceptors (Lipinski definition) is 4. The second-order valence-corrected chi connectivity index (χ2v) is 5.66. The highest BCUT2D eigenvalue weighted by Crippen LogP contribution is 2.37. The number of nitrogens with zero attached hydrogens (tertiary/aromatic N) is 1. The number of carbonyl (C=O) groups is 1. The van der Waals surface area contributed by atoms with E-state index in [-0.39, 0.29) is 5.56 Å². The Labute approximate surface area is 157 Å². The molecule has 134 valence electrons. The predicted octanol–water partition coefficient (Wildman–Crippen LogP) is 4.90. The first kappa shape index (κ1) is 19.4. The molecule has 0 aliphatic heterocycles. The summed E-state index contributed by atoms with van der Waals surface area (Å²) in [6.07, 6.45) is 1.67. The van der Waals surface area contributed by atoms with Gasteiger partial charge in [-0.25, -0.2) is 4.79 Å². The second kappa shape index (κ2) is 8.93. The lowest BCUT2D eigenvalue weighted by molar-refractivity contribution is 0.0697. The zero-order valence-electron chi connectivity index (χ0n) is 14.5. The highest BCUT2D eigenvalue weighted by molar-refractivity contribution is 6.32. The maximum absolute atomic E-state index is 10.9. The Bertz CT molecular complexity index is 867. The van der Waals surface area contributed by atoms with Gasteiger partial charge in [0.25, 0.3) is 0 Å². The van der Waals surface area contributed by atoms with Crippen LogP contribution >= 0.6 is 11.6 Å². The van der Waals surface area contributed by atoms with Crippen LogP contribution in [-0.4, -0.2) is 24.3 Å². The van der Waals surface area contributed by atoms with Gasteiger partial charge in [0.1, 0.15) is 0 Å². The van der Waals surface area contributed by atoms with E-state index in [1.807, 2.05) is 13.8 Å². The molecule has 2 aromatic rings. The van der Waals surface area contributed by atoms with Crippen LogP contribution < -0.4 is 9.47 Å². The summed E-state index contributed by atoms with van der Waals surface area (Å²) in [5, 5.41) is 18.8. The Hall–Kier alpha value is -2.97. The van der Waals surface area contributed by atoms with Crippen LogP contribution in [-0.2, 0) is 0 Å². The number of rotatable bonds is 7. The molecule has 5 nitrogen and oxygen atoms in total. The number of hydrogen-bond donors (Lipinski definition) is 1. The van der Waals surface area contributed by atoms with Crippen molar-refractivity contribution in [3.05, 3.63) is 58.1 Å². The van der Waals surface area contributed by atoms with Gasteiger partial charge in [0.2, 0.25) is 0 Å². The lowest BCUT2D eigenvalue weighted by Gasteiger charge is -2.13. The average molecular weight is 372 g/mol. The first-order valence-electron chi connectivity index (χ1n) is 8.04. The highest BCUT2D eigenvalue weighted by atomic mass is 35.5. The van der Waals surface area contributed by atoms with E-state index in [0.29, 0.717) is 46.4 Å². The number of nitriles is 1. The van der Waals surface area contributed by atoms with Crippen LogP contribution in [0.25, 0.3) is 11.6 Å². The Morgan fingerprint density at radius 1 is 1.15 bits per heavy atom. The van der Waals surface area contributed by atoms with Crippen molar-refractivity contribution in [2.45, 2.75) is 13.8 Å². The summed E-state index contributed by atoms with van der Waals surface area (Å²) in [6.45, 7) is 4.62. The summed E-state index contributed by atoms with van der Waals surface area (Å²) in [4.78, 5) is 10.9. The maximum Gasteiger partial charge on any atom is 0.335 e. The van der Waals surface area contributed by atoms with E-state index in [9.17, 15) is 10.1 Å². The summed E-state index contributed by atoms with van der Waals surface area (Å²) in [5.74, 6) is -0.0391. The normalized spacial score (nSPS) is 10.9. The standard InChI is InChI=1S/C20H18ClNO4/c1-3-25-18-11-13(10-17(21)19(18)26-4-2)9-16(12-22)14-5-7-15(8-6-14)20(23)24/h5-11H,3-4H2,1-2H3,(H,23,24). The molecule has 0 bridgehead atoms. The van der Waals surface area contributed by atoms with E-state index >= 15 is 0 Å². The molecule has 0 amide bonds. The smallest absolute Gasteiger partial charge is 0.335 e. The SMILES string of the molecule is CCOc1cc(C=C(C#N)c2ccc(C(=O)O)cc2)cc(Cl)c1OCC. The van der Waals surface area contributed by atoms with Crippen LogP contribution in [0.15, 0.2) is 36.4 Å². The molecule has 0 saturated heterocycles. The average Bonchev–Trinajstić information content (AvgIpc) is 2.63. The van der Waals surface area contributed by atoms with Crippen molar-refractivity contribution < 1.29 is 19.4 Å². The molecule has 26 heavy (non-hydrogen) atoms. The third-order valence-electron chi connectivity index (χ3n) is 3.49. The molecule has 0 heterocycles. The number of halogens is 1. The largest absolute Gasteiger partial charge is 0.490 e. The van der Waals surface area contributed by atoms with E-state index in [1.54, 1.807) is 30.3 Å². The minimum absolute atomic E-state index is 0.161. The summed E-state index contributed by atoms with van der Waals surface area (Å²) in [5.41, 5.74) is 1.83. The highest BCUT2D eigenvalue weighted by Gasteiger charge is 2.12. The molecular weight excluding hydrogens is 354 g/mol. The molecule has 2 aromatic carbocycles. The summed E-state index contributed by atoms with van der Waals surface area (Å²) >= 11 is 6.29. The number of aromatic carboxylic acids is 1. The summed E-state index contributed by atoms with van der Waals surface area (Å²) in [7, 11) is 0. The second-order valence-electron chi connectivity index (χ2n) is 5.25. The molecule has 0 unspecified atom stereocenters. The van der Waals surface area contributed by atoms with Crippen molar-refractivity contribution in [3.8, 4) is 17.6 Å². The van der Waals surface area contributed by atoms with Crippen LogP contribution in [0.1, 0.15) is 35.3 Å². The molecule has 2 rings (SSSR count). The molecule has 0 saturated carbocycles. The Kier molecular flexibility index (Phi) is 6.65. The van der Waals surface area contributed by atoms with E-state index in [4.69, 9.17) is 26.2 Å².